The van der Waals surface area contributed by atoms with Crippen LogP contribution in [0.25, 0.3) is 0 Å². The summed E-state index contributed by atoms with van der Waals surface area (Å²) in [6, 6.07) is 0.708. The number of carboxylic acid groups (broad SMARTS) is 1. The highest BCUT2D eigenvalue weighted by atomic mass is 16.5. The maximum absolute atomic E-state index is 12.2. The second-order valence-electron chi connectivity index (χ2n) is 5.97. The molecule has 1 atom stereocenters. The Balaban J connectivity index is 1.75. The zero-order valence-corrected chi connectivity index (χ0v) is 12.8. The Labute approximate surface area is 131 Å². The number of aromatic carboxylic acids is 1. The maximum Gasteiger partial charge on any atom is 0.338 e. The fourth-order valence-corrected chi connectivity index (χ4v) is 2.17. The molecule has 1 aliphatic rings. The van der Waals surface area contributed by atoms with E-state index in [4.69, 9.17) is 14.0 Å². The van der Waals surface area contributed by atoms with E-state index in [0.29, 0.717) is 17.6 Å². The molecule has 1 aliphatic carbocycles. The number of nitrogens with one attached hydrogen (secondary N) is 1. The van der Waals surface area contributed by atoms with Crippen LogP contribution in [0.1, 0.15) is 71.3 Å². The van der Waals surface area contributed by atoms with E-state index in [1.165, 1.54) is 6.07 Å². The van der Waals surface area contributed by atoms with E-state index in [9.17, 15) is 9.59 Å². The van der Waals surface area contributed by atoms with Gasteiger partial charge in [-0.15, -0.1) is 0 Å². The van der Waals surface area contributed by atoms with Gasteiger partial charge in [0.2, 0.25) is 5.89 Å². The van der Waals surface area contributed by atoms with Crippen molar-refractivity contribution in [2.24, 2.45) is 5.92 Å². The predicted molar refractivity (Wildman–Crippen MR) is 77.0 cm³/mol. The Morgan fingerprint density at radius 2 is 2.13 bits per heavy atom. The molecule has 2 heterocycles. The Bertz CT molecular complexity index is 729. The van der Waals surface area contributed by atoms with Gasteiger partial charge in [0.25, 0.3) is 5.91 Å². The lowest BCUT2D eigenvalue weighted by Gasteiger charge is -2.17. The summed E-state index contributed by atoms with van der Waals surface area (Å²) in [5, 5.41) is 15.6. The summed E-state index contributed by atoms with van der Waals surface area (Å²) in [4.78, 5) is 27.4. The molecule has 0 saturated heterocycles. The highest BCUT2D eigenvalue weighted by molar-refractivity contribution is 5.95. The van der Waals surface area contributed by atoms with Crippen LogP contribution in [0.2, 0.25) is 0 Å². The molecule has 1 fully saturated rings. The Morgan fingerprint density at radius 1 is 1.39 bits per heavy atom. The molecule has 0 aliphatic heterocycles. The van der Waals surface area contributed by atoms with E-state index in [0.717, 1.165) is 19.1 Å². The van der Waals surface area contributed by atoms with Crippen LogP contribution >= 0.6 is 0 Å². The van der Waals surface area contributed by atoms with Gasteiger partial charge in [0.1, 0.15) is 12.3 Å². The van der Waals surface area contributed by atoms with E-state index in [2.05, 4.69) is 15.5 Å². The lowest BCUT2D eigenvalue weighted by molar-refractivity contribution is 0.0695. The fraction of sp³-hybridized carbons (Fsp3) is 0.467. The highest BCUT2D eigenvalue weighted by Gasteiger charge is 2.32. The topological polar surface area (TPSA) is 118 Å². The first kappa shape index (κ1) is 15.3. The number of furan rings is 1. The van der Waals surface area contributed by atoms with Crippen LogP contribution in [0.3, 0.4) is 0 Å². The van der Waals surface area contributed by atoms with Crippen molar-refractivity contribution in [2.45, 2.75) is 38.6 Å². The molecule has 0 unspecified atom stereocenters. The Morgan fingerprint density at radius 3 is 2.70 bits per heavy atom. The second-order valence-corrected chi connectivity index (χ2v) is 5.97. The molecular weight excluding hydrogens is 302 g/mol. The molecule has 1 saturated carbocycles. The van der Waals surface area contributed by atoms with Gasteiger partial charge in [0.05, 0.1) is 5.56 Å². The predicted octanol–water partition coefficient (Wildman–Crippen LogP) is 2.37. The van der Waals surface area contributed by atoms with Crippen molar-refractivity contribution >= 4 is 11.9 Å². The van der Waals surface area contributed by atoms with Crippen LogP contribution < -0.4 is 5.32 Å². The number of carboxylic acids is 1. The quantitative estimate of drug-likeness (QED) is 0.838. The molecule has 8 heteroatoms. The molecule has 0 radical (unpaired) electrons. The van der Waals surface area contributed by atoms with Crippen molar-refractivity contribution in [1.82, 2.24) is 15.5 Å². The highest BCUT2D eigenvalue weighted by Crippen LogP contribution is 2.38. The standard InChI is InChI=1S/C15H17N3O5/c1-7(2)11(14-17-12(18-23-14)8-3-4-8)16-13(19)10-5-9(6-22-10)15(20)21/h5-8,11H,3-4H2,1-2H3,(H,16,19)(H,20,21)/t11-/m0/s1. The molecule has 1 amide bonds. The summed E-state index contributed by atoms with van der Waals surface area (Å²) in [6.45, 7) is 3.83. The third-order valence-corrected chi connectivity index (χ3v) is 3.69. The molecule has 122 valence electrons. The van der Waals surface area contributed by atoms with Gasteiger partial charge in [-0.05, 0) is 18.8 Å². The van der Waals surface area contributed by atoms with Gasteiger partial charge < -0.3 is 19.4 Å². The van der Waals surface area contributed by atoms with Gasteiger partial charge in [0, 0.05) is 12.0 Å². The van der Waals surface area contributed by atoms with Crippen LogP contribution in [-0.4, -0.2) is 27.1 Å². The van der Waals surface area contributed by atoms with E-state index in [1.807, 2.05) is 13.8 Å². The van der Waals surface area contributed by atoms with Crippen molar-refractivity contribution in [1.29, 1.82) is 0 Å². The number of carbonyl (C=O) groups is 2. The summed E-state index contributed by atoms with van der Waals surface area (Å²) >= 11 is 0. The number of aromatic nitrogens is 2. The average Bonchev–Trinajstić information content (AvgIpc) is 3.04. The van der Waals surface area contributed by atoms with Crippen LogP contribution in [-0.2, 0) is 0 Å². The van der Waals surface area contributed by atoms with Crippen molar-refractivity contribution in [2.75, 3.05) is 0 Å². The average molecular weight is 319 g/mol. The largest absolute Gasteiger partial charge is 0.478 e. The molecule has 0 aromatic carbocycles. The molecule has 2 N–H and O–H groups in total. The molecular formula is C15H17N3O5. The summed E-state index contributed by atoms with van der Waals surface area (Å²) < 4.78 is 10.3. The minimum absolute atomic E-state index is 0.0142. The van der Waals surface area contributed by atoms with E-state index >= 15 is 0 Å². The first-order valence-electron chi connectivity index (χ1n) is 7.42. The zero-order valence-electron chi connectivity index (χ0n) is 12.8. The number of rotatable bonds is 6. The summed E-state index contributed by atoms with van der Waals surface area (Å²) in [7, 11) is 0. The monoisotopic (exact) mass is 319 g/mol. The molecule has 2 aromatic heterocycles. The summed E-state index contributed by atoms with van der Waals surface area (Å²) in [6.07, 6.45) is 3.14. The molecule has 8 nitrogen and oxygen atoms in total. The Hall–Kier alpha value is -2.64. The van der Waals surface area contributed by atoms with Crippen LogP contribution in [0.4, 0.5) is 0 Å². The van der Waals surface area contributed by atoms with Crippen molar-refractivity contribution in [3.05, 3.63) is 35.4 Å². The lowest BCUT2D eigenvalue weighted by atomic mass is 10.0. The van der Waals surface area contributed by atoms with Gasteiger partial charge in [-0.2, -0.15) is 4.98 Å². The van der Waals surface area contributed by atoms with E-state index in [1.54, 1.807) is 0 Å². The third-order valence-electron chi connectivity index (χ3n) is 3.69. The normalized spacial score (nSPS) is 15.6. The summed E-state index contributed by atoms with van der Waals surface area (Å²) in [5.41, 5.74) is -0.0787. The lowest BCUT2D eigenvalue weighted by Crippen LogP contribution is -2.31. The van der Waals surface area contributed by atoms with Crippen molar-refractivity contribution in [3.8, 4) is 0 Å². The molecule has 0 spiro atoms. The number of carbonyl (C=O) groups excluding carboxylic acids is 1. The molecule has 2 aromatic rings. The van der Waals surface area contributed by atoms with Crippen LogP contribution in [0.15, 0.2) is 21.3 Å². The maximum atomic E-state index is 12.2. The summed E-state index contributed by atoms with van der Waals surface area (Å²) in [5.74, 6) is -0.359. The van der Waals surface area contributed by atoms with Crippen molar-refractivity contribution in [3.63, 3.8) is 0 Å². The molecule has 23 heavy (non-hydrogen) atoms. The van der Waals surface area contributed by atoms with Gasteiger partial charge in [-0.25, -0.2) is 4.79 Å². The van der Waals surface area contributed by atoms with Gasteiger partial charge in [0.15, 0.2) is 11.6 Å². The first-order chi connectivity index (χ1) is 11.0. The van der Waals surface area contributed by atoms with Crippen LogP contribution in [0, 0.1) is 5.92 Å². The van der Waals surface area contributed by atoms with Crippen molar-refractivity contribution < 1.29 is 23.6 Å². The minimum atomic E-state index is -1.15. The fourth-order valence-electron chi connectivity index (χ4n) is 2.17. The second kappa shape index (κ2) is 5.86. The third kappa shape index (κ3) is 3.25. The number of hydrogen-bond donors (Lipinski definition) is 2. The number of hydrogen-bond acceptors (Lipinski definition) is 6. The van der Waals surface area contributed by atoms with Crippen LogP contribution in [0.5, 0.6) is 0 Å². The SMILES string of the molecule is CC(C)[C@H](NC(=O)c1cc(C(=O)O)co1)c1nc(C2CC2)no1. The molecule has 0 bridgehead atoms. The Kier molecular flexibility index (Phi) is 3.89. The van der Waals surface area contributed by atoms with Gasteiger partial charge >= 0.3 is 5.97 Å². The zero-order chi connectivity index (χ0) is 16.6. The minimum Gasteiger partial charge on any atom is -0.478 e. The van der Waals surface area contributed by atoms with Gasteiger partial charge in [-0.1, -0.05) is 19.0 Å². The number of nitrogens with zero attached hydrogens (tertiary/aromatic N) is 2. The van der Waals surface area contributed by atoms with E-state index < -0.39 is 17.9 Å². The number of amides is 1. The molecule has 3 rings (SSSR count). The first-order valence-corrected chi connectivity index (χ1v) is 7.42. The smallest absolute Gasteiger partial charge is 0.338 e. The van der Waals surface area contributed by atoms with E-state index in [-0.39, 0.29) is 17.2 Å². The van der Waals surface area contributed by atoms with Gasteiger partial charge in [-0.3, -0.25) is 4.79 Å².